The summed E-state index contributed by atoms with van der Waals surface area (Å²) in [5.74, 6) is 1.84. The molecule has 1 unspecified atom stereocenters. The molecule has 0 saturated carbocycles. The highest BCUT2D eigenvalue weighted by Gasteiger charge is 2.30. The number of benzene rings is 1. The Morgan fingerprint density at radius 1 is 1.12 bits per heavy atom. The molecule has 0 aliphatic carbocycles. The molecule has 1 saturated heterocycles. The van der Waals surface area contributed by atoms with Crippen molar-refractivity contribution in [1.29, 1.82) is 0 Å². The molecule has 8 nitrogen and oxygen atoms in total. The fourth-order valence-electron chi connectivity index (χ4n) is 4.07. The molecule has 2 aromatic heterocycles. The first-order valence-corrected chi connectivity index (χ1v) is 11.2. The summed E-state index contributed by atoms with van der Waals surface area (Å²) in [6.07, 6.45) is 3.08. The SMILES string of the molecule is CCC(Oc1ccccc1OC)C(=O)N1CCC(c2nc(-c3ccccn3)cc(=O)[nH]2)CC1. The van der Waals surface area contributed by atoms with Crippen LogP contribution in [-0.2, 0) is 4.79 Å². The Bertz CT molecular complexity index is 1140. The average molecular weight is 449 g/mol. The molecular weight excluding hydrogens is 420 g/mol. The zero-order chi connectivity index (χ0) is 23.2. The lowest BCUT2D eigenvalue weighted by atomic mass is 9.95. The predicted molar refractivity (Wildman–Crippen MR) is 124 cm³/mol. The first-order valence-electron chi connectivity index (χ1n) is 11.2. The molecule has 1 aliphatic rings. The van der Waals surface area contributed by atoms with Crippen molar-refractivity contribution in [3.05, 3.63) is 70.9 Å². The first kappa shape index (κ1) is 22.5. The highest BCUT2D eigenvalue weighted by molar-refractivity contribution is 5.81. The molecule has 0 radical (unpaired) electrons. The highest BCUT2D eigenvalue weighted by Crippen LogP contribution is 2.30. The second kappa shape index (κ2) is 10.3. The lowest BCUT2D eigenvalue weighted by Gasteiger charge is -2.33. The van der Waals surface area contributed by atoms with E-state index in [4.69, 9.17) is 9.47 Å². The quantitative estimate of drug-likeness (QED) is 0.595. The zero-order valence-corrected chi connectivity index (χ0v) is 18.9. The van der Waals surface area contributed by atoms with Crippen LogP contribution in [0.3, 0.4) is 0 Å². The maximum absolute atomic E-state index is 13.1. The van der Waals surface area contributed by atoms with Gasteiger partial charge in [-0.1, -0.05) is 25.1 Å². The number of para-hydroxylation sites is 2. The van der Waals surface area contributed by atoms with Crippen LogP contribution in [0.1, 0.15) is 37.9 Å². The van der Waals surface area contributed by atoms with Crippen LogP contribution in [0.4, 0.5) is 0 Å². The third kappa shape index (κ3) is 5.22. The van der Waals surface area contributed by atoms with Crippen LogP contribution in [0, 0.1) is 0 Å². The van der Waals surface area contributed by atoms with Gasteiger partial charge in [-0.05, 0) is 43.5 Å². The largest absolute Gasteiger partial charge is 0.493 e. The standard InChI is InChI=1S/C25H28N4O4/c1-3-20(33-22-10-5-4-9-21(22)32-2)25(31)29-14-11-17(12-15-29)24-27-19(16-23(30)28-24)18-8-6-7-13-26-18/h4-10,13,16-17,20H,3,11-12,14-15H2,1-2H3,(H,27,28,30). The van der Waals surface area contributed by atoms with Gasteiger partial charge >= 0.3 is 0 Å². The molecule has 172 valence electrons. The zero-order valence-electron chi connectivity index (χ0n) is 18.9. The van der Waals surface area contributed by atoms with Crippen molar-refractivity contribution in [2.75, 3.05) is 20.2 Å². The molecular formula is C25H28N4O4. The summed E-state index contributed by atoms with van der Waals surface area (Å²) < 4.78 is 11.3. The van der Waals surface area contributed by atoms with Gasteiger partial charge in [0.1, 0.15) is 5.82 Å². The maximum Gasteiger partial charge on any atom is 0.263 e. The highest BCUT2D eigenvalue weighted by atomic mass is 16.5. The van der Waals surface area contributed by atoms with E-state index in [2.05, 4.69) is 15.0 Å². The smallest absolute Gasteiger partial charge is 0.263 e. The van der Waals surface area contributed by atoms with Crippen molar-refractivity contribution in [1.82, 2.24) is 19.9 Å². The Morgan fingerprint density at radius 2 is 1.85 bits per heavy atom. The first-order chi connectivity index (χ1) is 16.1. The summed E-state index contributed by atoms with van der Waals surface area (Å²) in [4.78, 5) is 39.1. The minimum Gasteiger partial charge on any atom is -0.493 e. The number of nitrogens with one attached hydrogen (secondary N) is 1. The number of nitrogens with zero attached hydrogens (tertiary/aromatic N) is 3. The summed E-state index contributed by atoms with van der Waals surface area (Å²) in [6, 6.07) is 14.3. The Kier molecular flexibility index (Phi) is 7.02. The van der Waals surface area contributed by atoms with Gasteiger partial charge in [-0.3, -0.25) is 14.6 Å². The van der Waals surface area contributed by atoms with Gasteiger partial charge in [-0.2, -0.15) is 0 Å². The van der Waals surface area contributed by atoms with Gasteiger partial charge < -0.3 is 19.4 Å². The van der Waals surface area contributed by atoms with Crippen LogP contribution in [0.25, 0.3) is 11.4 Å². The molecule has 4 rings (SSSR count). The van der Waals surface area contributed by atoms with Gasteiger partial charge in [0.25, 0.3) is 11.5 Å². The maximum atomic E-state index is 13.1. The van der Waals surface area contributed by atoms with Gasteiger partial charge in [0.05, 0.1) is 18.5 Å². The van der Waals surface area contributed by atoms with Crippen molar-refractivity contribution in [2.24, 2.45) is 0 Å². The lowest BCUT2D eigenvalue weighted by molar-refractivity contribution is -0.140. The van der Waals surface area contributed by atoms with Gasteiger partial charge in [0.2, 0.25) is 0 Å². The molecule has 1 N–H and O–H groups in total. The van der Waals surface area contributed by atoms with Crippen LogP contribution < -0.4 is 15.0 Å². The summed E-state index contributed by atoms with van der Waals surface area (Å²) in [6.45, 7) is 3.09. The van der Waals surface area contributed by atoms with E-state index in [9.17, 15) is 9.59 Å². The summed E-state index contributed by atoms with van der Waals surface area (Å²) in [5, 5.41) is 0. The van der Waals surface area contributed by atoms with Crippen LogP contribution in [-0.4, -0.2) is 52.1 Å². The number of hydrogen-bond donors (Lipinski definition) is 1. The predicted octanol–water partition coefficient (Wildman–Crippen LogP) is 3.40. The van der Waals surface area contributed by atoms with Crippen molar-refractivity contribution in [2.45, 2.75) is 38.2 Å². The van der Waals surface area contributed by atoms with Crippen LogP contribution in [0.2, 0.25) is 0 Å². The molecule has 8 heteroatoms. The number of likely N-dealkylation sites (tertiary alicyclic amines) is 1. The van der Waals surface area contributed by atoms with Crippen molar-refractivity contribution >= 4 is 5.91 Å². The summed E-state index contributed by atoms with van der Waals surface area (Å²) in [5.41, 5.74) is 1.02. The molecule has 0 spiro atoms. The number of ether oxygens (including phenoxy) is 2. The van der Waals surface area contributed by atoms with Gasteiger partial charge in [0, 0.05) is 31.3 Å². The number of hydrogen-bond acceptors (Lipinski definition) is 6. The fraction of sp³-hybridized carbons (Fsp3) is 0.360. The molecule has 0 bridgehead atoms. The van der Waals surface area contributed by atoms with E-state index in [1.54, 1.807) is 19.4 Å². The second-order valence-electron chi connectivity index (χ2n) is 8.00. The van der Waals surface area contributed by atoms with E-state index in [-0.39, 0.29) is 17.4 Å². The van der Waals surface area contributed by atoms with E-state index in [1.807, 2.05) is 48.2 Å². The molecule has 33 heavy (non-hydrogen) atoms. The number of H-pyrrole nitrogens is 1. The molecule has 1 aliphatic heterocycles. The molecule has 1 amide bonds. The summed E-state index contributed by atoms with van der Waals surface area (Å²) >= 11 is 0. The number of methoxy groups -OCH3 is 1. The molecule has 1 aromatic carbocycles. The van der Waals surface area contributed by atoms with Crippen molar-refractivity contribution in [3.8, 4) is 22.9 Å². The van der Waals surface area contributed by atoms with Gasteiger partial charge in [-0.25, -0.2) is 4.98 Å². The minimum atomic E-state index is -0.580. The number of piperidine rings is 1. The third-order valence-corrected chi connectivity index (χ3v) is 5.87. The molecule has 1 fully saturated rings. The van der Waals surface area contributed by atoms with Crippen LogP contribution >= 0.6 is 0 Å². The van der Waals surface area contributed by atoms with Crippen molar-refractivity contribution < 1.29 is 14.3 Å². The summed E-state index contributed by atoms with van der Waals surface area (Å²) in [7, 11) is 1.58. The second-order valence-corrected chi connectivity index (χ2v) is 8.00. The fourth-order valence-corrected chi connectivity index (χ4v) is 4.07. The third-order valence-electron chi connectivity index (χ3n) is 5.87. The monoisotopic (exact) mass is 448 g/mol. The van der Waals surface area contributed by atoms with Gasteiger partial charge in [-0.15, -0.1) is 0 Å². The van der Waals surface area contributed by atoms with E-state index in [1.165, 1.54) is 6.07 Å². The number of pyridine rings is 1. The molecule has 3 aromatic rings. The van der Waals surface area contributed by atoms with E-state index >= 15 is 0 Å². The Morgan fingerprint density at radius 3 is 2.52 bits per heavy atom. The Labute approximate surface area is 192 Å². The minimum absolute atomic E-state index is 0.0365. The van der Waals surface area contributed by atoms with E-state index in [0.29, 0.717) is 61.1 Å². The Hall–Kier alpha value is -3.68. The van der Waals surface area contributed by atoms with E-state index < -0.39 is 6.10 Å². The van der Waals surface area contributed by atoms with Crippen LogP contribution in [0.5, 0.6) is 11.5 Å². The topological polar surface area (TPSA) is 97.4 Å². The number of carbonyl (C=O) groups is 1. The number of rotatable bonds is 7. The number of aromatic amines is 1. The average Bonchev–Trinajstić information content (AvgIpc) is 2.87. The number of aromatic nitrogens is 3. The molecule has 1 atom stereocenters. The Balaban J connectivity index is 1.42. The van der Waals surface area contributed by atoms with Crippen LogP contribution in [0.15, 0.2) is 59.5 Å². The van der Waals surface area contributed by atoms with Gasteiger partial charge in [0.15, 0.2) is 17.6 Å². The number of carbonyl (C=O) groups excluding carboxylic acids is 1. The normalized spacial score (nSPS) is 15.2. The lowest BCUT2D eigenvalue weighted by Crippen LogP contribution is -2.45. The van der Waals surface area contributed by atoms with E-state index in [0.717, 1.165) is 0 Å². The molecule has 3 heterocycles. The van der Waals surface area contributed by atoms with Crippen molar-refractivity contribution in [3.63, 3.8) is 0 Å². The number of amides is 1.